The van der Waals surface area contributed by atoms with Crippen LogP contribution in [-0.4, -0.2) is 25.6 Å². The largest absolute Gasteiger partial charge is 0.313 e. The first-order chi connectivity index (χ1) is 6.05. The molecule has 1 atom stereocenters. The molecule has 0 bridgehead atoms. The van der Waals surface area contributed by atoms with E-state index in [-0.39, 0.29) is 6.04 Å². The lowest BCUT2D eigenvalue weighted by molar-refractivity contribution is -0.893. The summed E-state index contributed by atoms with van der Waals surface area (Å²) in [4.78, 5) is 0. The predicted molar refractivity (Wildman–Crippen MR) is 52.8 cm³/mol. The molecule has 0 aliphatic heterocycles. The fourth-order valence-corrected chi connectivity index (χ4v) is 1.33. The number of hydrogen-bond donors (Lipinski definition) is 0. The molecular formula is C11H15N2+. The third-order valence-corrected chi connectivity index (χ3v) is 2.01. The van der Waals surface area contributed by atoms with Crippen molar-refractivity contribution < 1.29 is 4.48 Å². The molecule has 0 heterocycles. The van der Waals surface area contributed by atoms with Crippen molar-refractivity contribution in [1.29, 1.82) is 5.26 Å². The maximum atomic E-state index is 9.05. The van der Waals surface area contributed by atoms with Gasteiger partial charge in [-0.25, -0.2) is 0 Å². The maximum Gasteiger partial charge on any atom is 0.201 e. The van der Waals surface area contributed by atoms with Crippen LogP contribution in [0, 0.1) is 11.3 Å². The molecule has 1 unspecified atom stereocenters. The Hall–Kier alpha value is -1.33. The fourth-order valence-electron chi connectivity index (χ4n) is 1.33. The Labute approximate surface area is 79.6 Å². The van der Waals surface area contributed by atoms with Crippen LogP contribution in [0.25, 0.3) is 0 Å². The summed E-state index contributed by atoms with van der Waals surface area (Å²) >= 11 is 0. The molecular weight excluding hydrogens is 160 g/mol. The second-order valence-corrected chi connectivity index (χ2v) is 4.06. The topological polar surface area (TPSA) is 23.8 Å². The molecule has 0 saturated carbocycles. The standard InChI is InChI=1S/C11H15N2/c1-13(2,3)11(9-12)10-7-5-4-6-8-10/h4-8,11H,1-3H3/q+1. The summed E-state index contributed by atoms with van der Waals surface area (Å²) in [7, 11) is 6.09. The number of nitrogens with zero attached hydrogens (tertiary/aromatic N) is 2. The van der Waals surface area contributed by atoms with Gasteiger partial charge < -0.3 is 4.48 Å². The van der Waals surface area contributed by atoms with E-state index in [2.05, 4.69) is 6.07 Å². The molecule has 0 saturated heterocycles. The minimum atomic E-state index is -0.0822. The van der Waals surface area contributed by atoms with Gasteiger partial charge in [0.15, 0.2) is 0 Å². The van der Waals surface area contributed by atoms with Crippen LogP contribution < -0.4 is 0 Å². The minimum Gasteiger partial charge on any atom is -0.313 e. The molecule has 0 aliphatic carbocycles. The molecule has 0 radical (unpaired) electrons. The van der Waals surface area contributed by atoms with Crippen LogP contribution in [0.15, 0.2) is 30.3 Å². The molecule has 0 fully saturated rings. The average Bonchev–Trinajstić information content (AvgIpc) is 2.05. The van der Waals surface area contributed by atoms with Crippen molar-refractivity contribution in [3.8, 4) is 6.07 Å². The molecule has 68 valence electrons. The number of nitriles is 1. The van der Waals surface area contributed by atoms with E-state index < -0.39 is 0 Å². The van der Waals surface area contributed by atoms with Crippen LogP contribution in [0.3, 0.4) is 0 Å². The van der Waals surface area contributed by atoms with Gasteiger partial charge in [0.1, 0.15) is 6.07 Å². The van der Waals surface area contributed by atoms with Crippen molar-refractivity contribution >= 4 is 0 Å². The number of quaternary nitrogens is 1. The number of hydrogen-bond acceptors (Lipinski definition) is 1. The molecule has 1 aromatic rings. The highest BCUT2D eigenvalue weighted by Gasteiger charge is 2.24. The van der Waals surface area contributed by atoms with E-state index in [9.17, 15) is 0 Å². The molecule has 13 heavy (non-hydrogen) atoms. The SMILES string of the molecule is C[N+](C)(C)C(C#N)c1ccccc1. The minimum absolute atomic E-state index is 0.0822. The van der Waals surface area contributed by atoms with Gasteiger partial charge in [-0.3, -0.25) is 0 Å². The molecule has 0 aromatic heterocycles. The van der Waals surface area contributed by atoms with Crippen molar-refractivity contribution in [2.45, 2.75) is 6.04 Å². The highest BCUT2D eigenvalue weighted by molar-refractivity contribution is 5.21. The van der Waals surface area contributed by atoms with Gasteiger partial charge >= 0.3 is 0 Å². The van der Waals surface area contributed by atoms with Crippen molar-refractivity contribution in [3.63, 3.8) is 0 Å². The van der Waals surface area contributed by atoms with Crippen LogP contribution in [0.2, 0.25) is 0 Å². The van der Waals surface area contributed by atoms with Crippen LogP contribution in [0.1, 0.15) is 11.6 Å². The van der Waals surface area contributed by atoms with Gasteiger partial charge in [-0.1, -0.05) is 30.3 Å². The molecule has 0 spiro atoms. The quantitative estimate of drug-likeness (QED) is 0.630. The molecule has 1 rings (SSSR count). The highest BCUT2D eigenvalue weighted by atomic mass is 15.3. The first-order valence-corrected chi connectivity index (χ1v) is 4.31. The number of rotatable bonds is 2. The summed E-state index contributed by atoms with van der Waals surface area (Å²) in [5.74, 6) is 0. The second-order valence-electron chi connectivity index (χ2n) is 4.06. The normalized spacial score (nSPS) is 13.4. The van der Waals surface area contributed by atoms with E-state index in [0.717, 1.165) is 5.56 Å². The van der Waals surface area contributed by atoms with Gasteiger partial charge in [-0.15, -0.1) is 0 Å². The van der Waals surface area contributed by atoms with E-state index in [1.54, 1.807) is 0 Å². The van der Waals surface area contributed by atoms with Crippen molar-refractivity contribution in [2.75, 3.05) is 21.1 Å². The average molecular weight is 175 g/mol. The summed E-state index contributed by atoms with van der Waals surface area (Å²) < 4.78 is 0.639. The zero-order chi connectivity index (χ0) is 9.90. The molecule has 0 N–H and O–H groups in total. The Kier molecular flexibility index (Phi) is 2.69. The maximum absolute atomic E-state index is 9.05. The highest BCUT2D eigenvalue weighted by Crippen LogP contribution is 2.21. The third kappa shape index (κ3) is 2.30. The van der Waals surface area contributed by atoms with Crippen molar-refractivity contribution in [2.24, 2.45) is 0 Å². The van der Waals surface area contributed by atoms with Gasteiger partial charge in [0, 0.05) is 5.56 Å². The van der Waals surface area contributed by atoms with Crippen molar-refractivity contribution in [3.05, 3.63) is 35.9 Å². The van der Waals surface area contributed by atoms with E-state index in [4.69, 9.17) is 5.26 Å². The Morgan fingerprint density at radius 3 is 2.08 bits per heavy atom. The van der Waals surface area contributed by atoms with Crippen molar-refractivity contribution in [1.82, 2.24) is 0 Å². The summed E-state index contributed by atoms with van der Waals surface area (Å²) in [6.07, 6.45) is 0. The molecule has 1 aromatic carbocycles. The summed E-state index contributed by atoms with van der Waals surface area (Å²) in [6.45, 7) is 0. The Morgan fingerprint density at radius 1 is 1.15 bits per heavy atom. The number of benzene rings is 1. The Morgan fingerprint density at radius 2 is 1.69 bits per heavy atom. The smallest absolute Gasteiger partial charge is 0.201 e. The van der Waals surface area contributed by atoms with Gasteiger partial charge in [0.25, 0.3) is 0 Å². The fraction of sp³-hybridized carbons (Fsp3) is 0.364. The van der Waals surface area contributed by atoms with Crippen LogP contribution in [0.4, 0.5) is 0 Å². The van der Waals surface area contributed by atoms with E-state index >= 15 is 0 Å². The summed E-state index contributed by atoms with van der Waals surface area (Å²) in [6, 6.07) is 12.1. The second kappa shape index (κ2) is 3.59. The van der Waals surface area contributed by atoms with Crippen LogP contribution in [-0.2, 0) is 0 Å². The monoisotopic (exact) mass is 175 g/mol. The van der Waals surface area contributed by atoms with Gasteiger partial charge in [0.05, 0.1) is 21.1 Å². The first kappa shape index (κ1) is 9.76. The molecule has 0 aliphatic rings. The van der Waals surface area contributed by atoms with Crippen LogP contribution >= 0.6 is 0 Å². The third-order valence-electron chi connectivity index (χ3n) is 2.01. The Bertz CT molecular complexity index is 303. The van der Waals surface area contributed by atoms with E-state index in [0.29, 0.717) is 4.48 Å². The van der Waals surface area contributed by atoms with Gasteiger partial charge in [-0.2, -0.15) is 5.26 Å². The lowest BCUT2D eigenvalue weighted by Gasteiger charge is -2.29. The van der Waals surface area contributed by atoms with E-state index in [1.807, 2.05) is 51.5 Å². The van der Waals surface area contributed by atoms with Gasteiger partial charge in [0.2, 0.25) is 6.04 Å². The molecule has 0 amide bonds. The van der Waals surface area contributed by atoms with E-state index in [1.165, 1.54) is 0 Å². The molecule has 2 heteroatoms. The Balaban J connectivity index is 3.01. The lowest BCUT2D eigenvalue weighted by atomic mass is 10.1. The zero-order valence-corrected chi connectivity index (χ0v) is 8.36. The van der Waals surface area contributed by atoms with Gasteiger partial charge in [-0.05, 0) is 0 Å². The molecule has 2 nitrogen and oxygen atoms in total. The zero-order valence-electron chi connectivity index (χ0n) is 8.36. The van der Waals surface area contributed by atoms with Crippen LogP contribution in [0.5, 0.6) is 0 Å². The summed E-state index contributed by atoms with van der Waals surface area (Å²) in [5.41, 5.74) is 1.08. The lowest BCUT2D eigenvalue weighted by Crippen LogP contribution is -2.37. The predicted octanol–water partition coefficient (Wildman–Crippen LogP) is 1.96. The first-order valence-electron chi connectivity index (χ1n) is 4.31. The summed E-state index contributed by atoms with van der Waals surface area (Å²) in [5, 5.41) is 9.05.